The van der Waals surface area contributed by atoms with Crippen LogP contribution in [-0.4, -0.2) is 12.7 Å². The predicted octanol–water partition coefficient (Wildman–Crippen LogP) is 2.50. The summed E-state index contributed by atoms with van der Waals surface area (Å²) in [6.07, 6.45) is 0.836. The van der Waals surface area contributed by atoms with Crippen molar-refractivity contribution in [1.29, 1.82) is 0 Å². The molecule has 1 unspecified atom stereocenters. The van der Waals surface area contributed by atoms with Gasteiger partial charge in [-0.25, -0.2) is 0 Å². The maximum absolute atomic E-state index is 10.7. The average molecular weight is 165 g/mol. The zero-order valence-electron chi connectivity index (χ0n) is 6.66. The lowest BCUT2D eigenvalue weighted by Crippen LogP contribution is -1.96. The van der Waals surface area contributed by atoms with Gasteiger partial charge in [0.05, 0.1) is 0 Å². The Morgan fingerprint density at radius 3 is 2.50 bits per heavy atom. The molecule has 0 aromatic carbocycles. The third kappa shape index (κ3) is 6.14. The average Bonchev–Trinajstić information content (AvgIpc) is 1.82. The molecule has 60 valence electrons. The molecule has 0 aliphatic heterocycles. The van der Waals surface area contributed by atoms with Crippen LogP contribution in [0, 0.1) is 0 Å². The minimum Gasteiger partial charge on any atom is -0.119 e. The molecule has 0 aliphatic carbocycles. The Kier molecular flexibility index (Phi) is 5.79. The number of rotatable bonds is 5. The van der Waals surface area contributed by atoms with Crippen LogP contribution in [0.4, 0.5) is 0 Å². The molecule has 0 fully saturated rings. The standard InChI is InChI=1S/C6H14O3P/c1-4-5-8-10(7)9-6(2)3/h6H,4-5H2,1-3H3/q+1. The summed E-state index contributed by atoms with van der Waals surface area (Å²) in [5.41, 5.74) is 0. The van der Waals surface area contributed by atoms with Crippen LogP contribution in [0.1, 0.15) is 27.2 Å². The van der Waals surface area contributed by atoms with Gasteiger partial charge in [-0.1, -0.05) is 6.92 Å². The maximum Gasteiger partial charge on any atom is 0.697 e. The second-order valence-corrected chi connectivity index (χ2v) is 3.13. The van der Waals surface area contributed by atoms with Crippen LogP contribution in [0.2, 0.25) is 0 Å². The second-order valence-electron chi connectivity index (χ2n) is 2.21. The molecule has 0 bridgehead atoms. The van der Waals surface area contributed by atoms with E-state index in [1.807, 2.05) is 20.8 Å². The highest BCUT2D eigenvalue weighted by Gasteiger charge is 2.20. The van der Waals surface area contributed by atoms with Gasteiger partial charge in [-0.3, -0.25) is 0 Å². The molecule has 0 saturated carbocycles. The fourth-order valence-electron chi connectivity index (χ4n) is 0.368. The molecule has 3 nitrogen and oxygen atoms in total. The molecule has 0 N–H and O–H groups in total. The van der Waals surface area contributed by atoms with Gasteiger partial charge in [-0.2, -0.15) is 0 Å². The fraction of sp³-hybridized carbons (Fsp3) is 1.00. The fourth-order valence-corrected chi connectivity index (χ4v) is 1.11. The van der Waals surface area contributed by atoms with Gasteiger partial charge in [0.1, 0.15) is 12.7 Å². The molecule has 0 aromatic rings. The van der Waals surface area contributed by atoms with Crippen molar-refractivity contribution in [3.05, 3.63) is 0 Å². The molecule has 0 saturated heterocycles. The lowest BCUT2D eigenvalue weighted by molar-refractivity contribution is 0.187. The Morgan fingerprint density at radius 1 is 1.50 bits per heavy atom. The zero-order valence-corrected chi connectivity index (χ0v) is 7.56. The van der Waals surface area contributed by atoms with Gasteiger partial charge in [0.15, 0.2) is 0 Å². The first-order chi connectivity index (χ1) is 4.66. The molecule has 10 heavy (non-hydrogen) atoms. The second kappa shape index (κ2) is 5.78. The molecule has 0 amide bonds. The predicted molar refractivity (Wildman–Crippen MR) is 40.1 cm³/mol. The van der Waals surface area contributed by atoms with Gasteiger partial charge in [0, 0.05) is 4.57 Å². The molecule has 1 atom stereocenters. The van der Waals surface area contributed by atoms with Crippen molar-refractivity contribution < 1.29 is 13.6 Å². The van der Waals surface area contributed by atoms with Crippen molar-refractivity contribution in [1.82, 2.24) is 0 Å². The summed E-state index contributed by atoms with van der Waals surface area (Å²) in [5, 5.41) is 0. The van der Waals surface area contributed by atoms with Gasteiger partial charge < -0.3 is 0 Å². The van der Waals surface area contributed by atoms with Crippen molar-refractivity contribution in [3.8, 4) is 0 Å². The summed E-state index contributed by atoms with van der Waals surface area (Å²) in [6, 6.07) is 0. The highest BCUT2D eigenvalue weighted by atomic mass is 31.1. The highest BCUT2D eigenvalue weighted by molar-refractivity contribution is 7.33. The SMILES string of the molecule is CCCO[P+](=O)OC(C)C. The normalized spacial score (nSPS) is 12.2. The third-order valence-corrected chi connectivity index (χ3v) is 1.68. The van der Waals surface area contributed by atoms with Crippen molar-refractivity contribution in [2.24, 2.45) is 0 Å². The minimum absolute atomic E-state index is 0.0273. The smallest absolute Gasteiger partial charge is 0.119 e. The van der Waals surface area contributed by atoms with Crippen LogP contribution in [0.15, 0.2) is 0 Å². The number of hydrogen-bond donors (Lipinski definition) is 0. The van der Waals surface area contributed by atoms with Crippen LogP contribution in [-0.2, 0) is 13.6 Å². The summed E-state index contributed by atoms with van der Waals surface area (Å²) in [6.45, 7) is 6.10. The Labute approximate surface area is 62.7 Å². The summed E-state index contributed by atoms with van der Waals surface area (Å²) in [7, 11) is -1.88. The van der Waals surface area contributed by atoms with Crippen LogP contribution in [0.3, 0.4) is 0 Å². The number of hydrogen-bond acceptors (Lipinski definition) is 3. The largest absolute Gasteiger partial charge is 0.697 e. The van der Waals surface area contributed by atoms with Crippen molar-refractivity contribution in [2.75, 3.05) is 6.61 Å². The van der Waals surface area contributed by atoms with Crippen molar-refractivity contribution in [3.63, 3.8) is 0 Å². The lowest BCUT2D eigenvalue weighted by atomic mass is 10.5. The van der Waals surface area contributed by atoms with E-state index in [1.54, 1.807) is 0 Å². The van der Waals surface area contributed by atoms with Crippen molar-refractivity contribution in [2.45, 2.75) is 33.3 Å². The van der Waals surface area contributed by atoms with E-state index < -0.39 is 8.25 Å². The van der Waals surface area contributed by atoms with E-state index in [-0.39, 0.29) is 6.10 Å². The molecule has 0 aromatic heterocycles. The Balaban J connectivity index is 3.26. The van der Waals surface area contributed by atoms with E-state index in [9.17, 15) is 4.57 Å². The van der Waals surface area contributed by atoms with Crippen LogP contribution in [0.5, 0.6) is 0 Å². The summed E-state index contributed by atoms with van der Waals surface area (Å²) < 4.78 is 20.3. The maximum atomic E-state index is 10.7. The van der Waals surface area contributed by atoms with Gasteiger partial charge in [0.2, 0.25) is 0 Å². The Bertz CT molecular complexity index is 103. The molecular formula is C6H14O3P+. The van der Waals surface area contributed by atoms with Gasteiger partial charge in [-0.15, -0.1) is 9.05 Å². The van der Waals surface area contributed by atoms with Crippen LogP contribution in [0.25, 0.3) is 0 Å². The monoisotopic (exact) mass is 165 g/mol. The first-order valence-corrected chi connectivity index (χ1v) is 4.53. The van der Waals surface area contributed by atoms with Crippen LogP contribution < -0.4 is 0 Å². The minimum atomic E-state index is -1.88. The molecule has 4 heteroatoms. The molecular weight excluding hydrogens is 151 g/mol. The topological polar surface area (TPSA) is 35.5 Å². The lowest BCUT2D eigenvalue weighted by Gasteiger charge is -1.91. The molecule has 0 rings (SSSR count). The van der Waals surface area contributed by atoms with E-state index in [2.05, 4.69) is 0 Å². The molecule has 0 radical (unpaired) electrons. The first kappa shape index (κ1) is 10.0. The summed E-state index contributed by atoms with van der Waals surface area (Å²) in [4.78, 5) is 0. The molecule has 0 heterocycles. The van der Waals surface area contributed by atoms with E-state index in [4.69, 9.17) is 9.05 Å². The van der Waals surface area contributed by atoms with Gasteiger partial charge >= 0.3 is 8.25 Å². The van der Waals surface area contributed by atoms with Crippen molar-refractivity contribution >= 4 is 8.25 Å². The van der Waals surface area contributed by atoms with E-state index >= 15 is 0 Å². The first-order valence-electron chi connectivity index (χ1n) is 3.43. The van der Waals surface area contributed by atoms with Gasteiger partial charge in [-0.05, 0) is 20.3 Å². The third-order valence-electron chi connectivity index (χ3n) is 0.698. The summed E-state index contributed by atoms with van der Waals surface area (Å²) in [5.74, 6) is 0. The van der Waals surface area contributed by atoms with E-state index in [0.29, 0.717) is 6.61 Å². The Morgan fingerprint density at radius 2 is 2.10 bits per heavy atom. The summed E-state index contributed by atoms with van der Waals surface area (Å²) >= 11 is 0. The highest BCUT2D eigenvalue weighted by Crippen LogP contribution is 2.25. The Hall–Kier alpha value is 0.0200. The quantitative estimate of drug-likeness (QED) is 0.587. The van der Waals surface area contributed by atoms with Crippen LogP contribution >= 0.6 is 8.25 Å². The van der Waals surface area contributed by atoms with Gasteiger partial charge in [0.25, 0.3) is 0 Å². The van der Waals surface area contributed by atoms with E-state index in [1.165, 1.54) is 0 Å². The zero-order chi connectivity index (χ0) is 7.98. The molecule has 0 spiro atoms. The van der Waals surface area contributed by atoms with E-state index in [0.717, 1.165) is 6.42 Å². The molecule has 0 aliphatic rings.